The monoisotopic (exact) mass is 259 g/mol. The number of nitrogens with zero attached hydrogens (tertiary/aromatic N) is 1. The largest absolute Gasteiger partial charge is 0.481 e. The lowest BCUT2D eigenvalue weighted by Gasteiger charge is -2.10. The standard InChI is InChI=1S/C9H13N3O4S/c1-6-7(4-10-12-6)17(15,16)11-5-9(2-3-9)8(13)14/h4,11H,2-3,5H2,1H3,(H,10,12)(H,13,14). The van der Waals surface area contributed by atoms with E-state index in [0.29, 0.717) is 18.5 Å². The van der Waals surface area contributed by atoms with Crippen LogP contribution in [0.4, 0.5) is 0 Å². The van der Waals surface area contributed by atoms with Gasteiger partial charge in [0.15, 0.2) is 0 Å². The molecule has 0 radical (unpaired) electrons. The van der Waals surface area contributed by atoms with Gasteiger partial charge < -0.3 is 5.11 Å². The summed E-state index contributed by atoms with van der Waals surface area (Å²) in [4.78, 5) is 11.0. The number of carboxylic acids is 1. The van der Waals surface area contributed by atoms with Crippen LogP contribution in [0.25, 0.3) is 0 Å². The van der Waals surface area contributed by atoms with Crippen LogP contribution < -0.4 is 4.72 Å². The number of carbonyl (C=O) groups is 1. The Morgan fingerprint density at radius 3 is 2.71 bits per heavy atom. The van der Waals surface area contributed by atoms with Crippen molar-refractivity contribution in [2.24, 2.45) is 5.41 Å². The Bertz CT molecular complexity index is 544. The molecule has 2 rings (SSSR count). The van der Waals surface area contributed by atoms with E-state index in [1.54, 1.807) is 6.92 Å². The van der Waals surface area contributed by atoms with Crippen LogP contribution in [0.1, 0.15) is 18.5 Å². The number of nitrogens with one attached hydrogen (secondary N) is 2. The number of aliphatic carboxylic acids is 1. The second-order valence-corrected chi connectivity index (χ2v) is 6.00. The zero-order chi connectivity index (χ0) is 12.7. The Kier molecular flexibility index (Phi) is 2.70. The minimum Gasteiger partial charge on any atom is -0.481 e. The lowest BCUT2D eigenvalue weighted by atomic mass is 10.1. The highest BCUT2D eigenvalue weighted by Gasteiger charge is 2.50. The van der Waals surface area contributed by atoms with Gasteiger partial charge in [-0.1, -0.05) is 0 Å². The first-order valence-corrected chi connectivity index (χ1v) is 6.59. The summed E-state index contributed by atoms with van der Waals surface area (Å²) >= 11 is 0. The van der Waals surface area contributed by atoms with Crippen LogP contribution >= 0.6 is 0 Å². The second kappa shape index (κ2) is 3.81. The molecule has 0 spiro atoms. The molecule has 0 aromatic carbocycles. The summed E-state index contributed by atoms with van der Waals surface area (Å²) < 4.78 is 26.0. The van der Waals surface area contributed by atoms with Gasteiger partial charge >= 0.3 is 5.97 Å². The molecule has 0 bridgehead atoms. The predicted octanol–water partition coefficient (Wildman–Crippen LogP) is -0.139. The van der Waals surface area contributed by atoms with Crippen LogP contribution in [0.2, 0.25) is 0 Å². The van der Waals surface area contributed by atoms with Crippen molar-refractivity contribution < 1.29 is 18.3 Å². The van der Waals surface area contributed by atoms with Gasteiger partial charge in [0.1, 0.15) is 4.90 Å². The summed E-state index contributed by atoms with van der Waals surface area (Å²) in [5.41, 5.74) is -0.484. The van der Waals surface area contributed by atoms with Gasteiger partial charge in [-0.2, -0.15) is 5.10 Å². The van der Waals surface area contributed by atoms with Crippen molar-refractivity contribution >= 4 is 16.0 Å². The highest BCUT2D eigenvalue weighted by molar-refractivity contribution is 7.89. The van der Waals surface area contributed by atoms with Gasteiger partial charge in [0.25, 0.3) is 0 Å². The van der Waals surface area contributed by atoms with Crippen LogP contribution in [-0.4, -0.2) is 36.2 Å². The van der Waals surface area contributed by atoms with E-state index in [9.17, 15) is 13.2 Å². The molecule has 7 nitrogen and oxygen atoms in total. The van der Waals surface area contributed by atoms with E-state index in [4.69, 9.17) is 5.11 Å². The Balaban J connectivity index is 2.10. The van der Waals surface area contributed by atoms with Gasteiger partial charge in [-0.25, -0.2) is 13.1 Å². The Labute approximate surface area is 98.3 Å². The number of hydrogen-bond acceptors (Lipinski definition) is 4. The minimum atomic E-state index is -3.68. The number of hydrogen-bond donors (Lipinski definition) is 3. The molecular formula is C9H13N3O4S. The summed E-state index contributed by atoms with van der Waals surface area (Å²) in [6.45, 7) is 1.51. The normalized spacial score (nSPS) is 17.9. The van der Waals surface area contributed by atoms with Crippen molar-refractivity contribution in [3.8, 4) is 0 Å². The van der Waals surface area contributed by atoms with Crippen LogP contribution in [0.15, 0.2) is 11.1 Å². The van der Waals surface area contributed by atoms with Crippen molar-refractivity contribution in [3.05, 3.63) is 11.9 Å². The van der Waals surface area contributed by atoms with Gasteiger partial charge in [-0.15, -0.1) is 0 Å². The summed E-state index contributed by atoms with van der Waals surface area (Å²) in [6.07, 6.45) is 2.22. The summed E-state index contributed by atoms with van der Waals surface area (Å²) in [7, 11) is -3.68. The fraction of sp³-hybridized carbons (Fsp3) is 0.556. The molecule has 1 heterocycles. The molecule has 1 aromatic heterocycles. The molecule has 1 aliphatic carbocycles. The number of rotatable bonds is 5. The third-order valence-corrected chi connectivity index (χ3v) is 4.50. The third-order valence-electron chi connectivity index (χ3n) is 2.98. The van der Waals surface area contributed by atoms with Gasteiger partial charge in [0.2, 0.25) is 10.0 Å². The number of H-pyrrole nitrogens is 1. The minimum absolute atomic E-state index is 0.0543. The molecule has 94 valence electrons. The number of sulfonamides is 1. The second-order valence-electron chi connectivity index (χ2n) is 4.27. The van der Waals surface area contributed by atoms with Crippen molar-refractivity contribution in [2.45, 2.75) is 24.7 Å². The molecule has 0 unspecified atom stereocenters. The van der Waals surface area contributed by atoms with Gasteiger partial charge in [0.05, 0.1) is 17.3 Å². The first-order valence-electron chi connectivity index (χ1n) is 5.10. The number of aromatic nitrogens is 2. The highest BCUT2D eigenvalue weighted by atomic mass is 32.2. The van der Waals surface area contributed by atoms with E-state index >= 15 is 0 Å². The zero-order valence-corrected chi connectivity index (χ0v) is 10.0. The summed E-state index contributed by atoms with van der Waals surface area (Å²) in [6, 6.07) is 0. The summed E-state index contributed by atoms with van der Waals surface area (Å²) in [5.74, 6) is -0.955. The SMILES string of the molecule is Cc1[nH]ncc1S(=O)(=O)NCC1(C(=O)O)CC1. The average Bonchev–Trinajstić information content (AvgIpc) is 2.92. The molecule has 8 heteroatoms. The molecular weight excluding hydrogens is 246 g/mol. The number of carboxylic acid groups (broad SMARTS) is 1. The summed E-state index contributed by atoms with van der Waals surface area (Å²) in [5, 5.41) is 15.1. The highest BCUT2D eigenvalue weighted by Crippen LogP contribution is 2.45. The maximum absolute atomic E-state index is 11.8. The van der Waals surface area contributed by atoms with Gasteiger partial charge in [-0.05, 0) is 19.8 Å². The topological polar surface area (TPSA) is 112 Å². The maximum Gasteiger partial charge on any atom is 0.310 e. The van der Waals surface area contributed by atoms with Crippen LogP contribution in [0, 0.1) is 12.3 Å². The number of aryl methyl sites for hydroxylation is 1. The van der Waals surface area contributed by atoms with E-state index in [2.05, 4.69) is 14.9 Å². The van der Waals surface area contributed by atoms with Crippen molar-refractivity contribution in [3.63, 3.8) is 0 Å². The maximum atomic E-state index is 11.8. The van der Waals surface area contributed by atoms with Crippen molar-refractivity contribution in [2.75, 3.05) is 6.54 Å². The third kappa shape index (κ3) is 2.18. The first-order chi connectivity index (χ1) is 7.87. The molecule has 0 aliphatic heterocycles. The lowest BCUT2D eigenvalue weighted by Crippen LogP contribution is -2.34. The van der Waals surface area contributed by atoms with Crippen LogP contribution in [-0.2, 0) is 14.8 Å². The molecule has 1 fully saturated rings. The van der Waals surface area contributed by atoms with Crippen molar-refractivity contribution in [1.82, 2.24) is 14.9 Å². The van der Waals surface area contributed by atoms with Crippen LogP contribution in [0.5, 0.6) is 0 Å². The molecule has 1 saturated carbocycles. The molecule has 0 amide bonds. The Morgan fingerprint density at radius 1 is 1.65 bits per heavy atom. The van der Waals surface area contributed by atoms with Crippen LogP contribution in [0.3, 0.4) is 0 Å². The molecule has 3 N–H and O–H groups in total. The molecule has 1 aromatic rings. The molecule has 0 saturated heterocycles. The van der Waals surface area contributed by atoms with Gasteiger partial charge in [0, 0.05) is 6.54 Å². The molecule has 17 heavy (non-hydrogen) atoms. The fourth-order valence-corrected chi connectivity index (χ4v) is 2.80. The van der Waals surface area contributed by atoms with Gasteiger partial charge in [-0.3, -0.25) is 9.89 Å². The van der Waals surface area contributed by atoms with E-state index in [-0.39, 0.29) is 11.4 Å². The van der Waals surface area contributed by atoms with E-state index in [1.807, 2.05) is 0 Å². The quantitative estimate of drug-likeness (QED) is 0.681. The molecule has 0 atom stereocenters. The van der Waals surface area contributed by atoms with E-state index in [0.717, 1.165) is 0 Å². The average molecular weight is 259 g/mol. The van der Waals surface area contributed by atoms with E-state index in [1.165, 1.54) is 6.20 Å². The van der Waals surface area contributed by atoms with Crippen molar-refractivity contribution in [1.29, 1.82) is 0 Å². The number of aromatic amines is 1. The lowest BCUT2D eigenvalue weighted by molar-refractivity contribution is -0.143. The fourth-order valence-electron chi connectivity index (χ4n) is 1.54. The first kappa shape index (κ1) is 12.1. The molecule has 1 aliphatic rings. The zero-order valence-electron chi connectivity index (χ0n) is 9.23. The van der Waals surface area contributed by atoms with E-state index < -0.39 is 21.4 Å². The Hall–Kier alpha value is -1.41. The Morgan fingerprint density at radius 2 is 2.29 bits per heavy atom. The predicted molar refractivity (Wildman–Crippen MR) is 57.8 cm³/mol. The smallest absolute Gasteiger partial charge is 0.310 e.